The number of carbonyl (C=O) groups is 2. The van der Waals surface area contributed by atoms with Crippen LogP contribution in [0, 0.1) is 6.92 Å². The summed E-state index contributed by atoms with van der Waals surface area (Å²) < 4.78 is 10.6. The van der Waals surface area contributed by atoms with Gasteiger partial charge in [-0.3, -0.25) is 9.59 Å². The smallest absolute Gasteiger partial charge is 0.259 e. The first-order chi connectivity index (χ1) is 13.0. The largest absolute Gasteiger partial charge is 0.463 e. The first-order valence-electron chi connectivity index (χ1n) is 8.05. The minimum absolute atomic E-state index is 0.246. The van der Waals surface area contributed by atoms with Gasteiger partial charge in [-0.25, -0.2) is 4.98 Å². The Bertz CT molecular complexity index is 1140. The highest BCUT2D eigenvalue weighted by Gasteiger charge is 2.20. The van der Waals surface area contributed by atoms with Crippen LogP contribution in [0.2, 0.25) is 0 Å². The number of primary amides is 1. The van der Waals surface area contributed by atoms with Gasteiger partial charge in [-0.05, 0) is 49.4 Å². The Labute approximate surface area is 153 Å². The van der Waals surface area contributed by atoms with E-state index in [1.807, 2.05) is 0 Å². The number of rotatable bonds is 4. The van der Waals surface area contributed by atoms with Crippen LogP contribution in [0.1, 0.15) is 26.4 Å². The first kappa shape index (κ1) is 16.5. The number of nitrogens with zero attached hydrogens (tertiary/aromatic N) is 2. The predicted octanol–water partition coefficient (Wildman–Crippen LogP) is 3.14. The number of amides is 2. The molecular formula is C19H14N4O4. The molecule has 3 aromatic heterocycles. The third-order valence-corrected chi connectivity index (χ3v) is 4.06. The number of fused-ring (bicyclic) bond motifs is 1. The summed E-state index contributed by atoms with van der Waals surface area (Å²) in [4.78, 5) is 28.4. The lowest BCUT2D eigenvalue weighted by Crippen LogP contribution is -2.14. The van der Waals surface area contributed by atoms with E-state index in [-0.39, 0.29) is 11.6 Å². The summed E-state index contributed by atoms with van der Waals surface area (Å²) >= 11 is 0. The summed E-state index contributed by atoms with van der Waals surface area (Å²) in [6.07, 6.45) is 1.52. The van der Waals surface area contributed by atoms with E-state index in [1.165, 1.54) is 6.26 Å². The number of furan rings is 1. The molecule has 0 bridgehead atoms. The van der Waals surface area contributed by atoms with Crippen LogP contribution in [0.15, 0.2) is 57.7 Å². The van der Waals surface area contributed by atoms with Crippen molar-refractivity contribution in [2.75, 3.05) is 5.32 Å². The summed E-state index contributed by atoms with van der Waals surface area (Å²) in [5.74, 6) is -0.397. The zero-order valence-corrected chi connectivity index (χ0v) is 14.2. The van der Waals surface area contributed by atoms with E-state index in [4.69, 9.17) is 14.7 Å². The average Bonchev–Trinajstić information content (AvgIpc) is 3.32. The van der Waals surface area contributed by atoms with Gasteiger partial charge < -0.3 is 20.0 Å². The molecule has 134 valence electrons. The Balaban J connectivity index is 1.74. The molecule has 1 aromatic carbocycles. The van der Waals surface area contributed by atoms with Crippen molar-refractivity contribution in [2.24, 2.45) is 5.73 Å². The van der Waals surface area contributed by atoms with Crippen molar-refractivity contribution in [3.05, 3.63) is 65.5 Å². The minimum atomic E-state index is -0.535. The van der Waals surface area contributed by atoms with Crippen LogP contribution >= 0.6 is 0 Å². The van der Waals surface area contributed by atoms with Crippen molar-refractivity contribution >= 4 is 28.6 Å². The second-order valence-electron chi connectivity index (χ2n) is 5.88. The van der Waals surface area contributed by atoms with Gasteiger partial charge in [-0.1, -0.05) is 5.16 Å². The van der Waals surface area contributed by atoms with Gasteiger partial charge in [-0.2, -0.15) is 0 Å². The van der Waals surface area contributed by atoms with Gasteiger partial charge in [-0.15, -0.1) is 0 Å². The molecule has 0 unspecified atom stereocenters. The maximum atomic E-state index is 12.9. The molecule has 3 heterocycles. The highest BCUT2D eigenvalue weighted by atomic mass is 16.5. The lowest BCUT2D eigenvalue weighted by molar-refractivity contribution is 0.0998. The standard InChI is InChI=1S/C19H14N4O4/c1-10-16-13(18(25)21-12-6-4-11(5-7-12)17(20)24)9-14(15-3-2-8-26-15)22-19(16)27-23-10/h2-9H,1H3,(H2,20,24)(H,21,25). The number of pyridine rings is 1. The number of aromatic nitrogens is 2. The second kappa shape index (κ2) is 6.41. The van der Waals surface area contributed by atoms with Crippen molar-refractivity contribution in [1.82, 2.24) is 10.1 Å². The Morgan fingerprint density at radius 3 is 2.59 bits per heavy atom. The highest BCUT2D eigenvalue weighted by Crippen LogP contribution is 2.28. The Kier molecular flexibility index (Phi) is 3.92. The molecule has 0 aliphatic carbocycles. The fourth-order valence-corrected chi connectivity index (χ4v) is 2.74. The normalized spacial score (nSPS) is 10.9. The SMILES string of the molecule is Cc1noc2nc(-c3ccco3)cc(C(=O)Nc3ccc(C(N)=O)cc3)c12. The quantitative estimate of drug-likeness (QED) is 0.575. The second-order valence-corrected chi connectivity index (χ2v) is 5.88. The summed E-state index contributed by atoms with van der Waals surface area (Å²) in [6.45, 7) is 1.73. The zero-order valence-electron chi connectivity index (χ0n) is 14.2. The average molecular weight is 362 g/mol. The van der Waals surface area contributed by atoms with E-state index in [9.17, 15) is 9.59 Å². The molecule has 8 nitrogen and oxygen atoms in total. The number of benzene rings is 1. The van der Waals surface area contributed by atoms with Crippen molar-refractivity contribution in [1.29, 1.82) is 0 Å². The molecule has 4 aromatic rings. The Morgan fingerprint density at radius 1 is 1.15 bits per heavy atom. The number of aryl methyl sites for hydroxylation is 1. The molecule has 3 N–H and O–H groups in total. The van der Waals surface area contributed by atoms with Crippen LogP contribution in [0.5, 0.6) is 0 Å². The molecule has 4 rings (SSSR count). The number of anilines is 1. The molecule has 2 amide bonds. The molecule has 0 saturated heterocycles. The van der Waals surface area contributed by atoms with Gasteiger partial charge in [0.05, 0.1) is 22.9 Å². The molecule has 0 aliphatic heterocycles. The summed E-state index contributed by atoms with van der Waals surface area (Å²) in [6, 6.07) is 11.4. The van der Waals surface area contributed by atoms with Crippen LogP contribution < -0.4 is 11.1 Å². The number of nitrogens with one attached hydrogen (secondary N) is 1. The minimum Gasteiger partial charge on any atom is -0.463 e. The first-order valence-corrected chi connectivity index (χ1v) is 8.05. The highest BCUT2D eigenvalue weighted by molar-refractivity contribution is 6.13. The van der Waals surface area contributed by atoms with Crippen LogP contribution in [0.3, 0.4) is 0 Å². The van der Waals surface area contributed by atoms with Crippen LogP contribution in [-0.2, 0) is 0 Å². The number of hydrogen-bond donors (Lipinski definition) is 2. The molecule has 8 heteroatoms. The lowest BCUT2D eigenvalue weighted by atomic mass is 10.1. The van der Waals surface area contributed by atoms with Gasteiger partial charge in [0.25, 0.3) is 11.6 Å². The van der Waals surface area contributed by atoms with Crippen LogP contribution in [-0.4, -0.2) is 22.0 Å². The van der Waals surface area contributed by atoms with Crippen LogP contribution in [0.4, 0.5) is 5.69 Å². The zero-order chi connectivity index (χ0) is 19.0. The molecule has 0 spiro atoms. The van der Waals surface area contributed by atoms with Gasteiger partial charge >= 0.3 is 0 Å². The van der Waals surface area contributed by atoms with Gasteiger partial charge in [0.15, 0.2) is 5.76 Å². The van der Waals surface area contributed by atoms with E-state index in [1.54, 1.807) is 49.4 Å². The van der Waals surface area contributed by atoms with Crippen molar-refractivity contribution in [3.8, 4) is 11.5 Å². The summed E-state index contributed by atoms with van der Waals surface area (Å²) in [7, 11) is 0. The monoisotopic (exact) mass is 362 g/mol. The Hall–Kier alpha value is -3.94. The number of carbonyl (C=O) groups excluding carboxylic acids is 2. The van der Waals surface area contributed by atoms with Gasteiger partial charge in [0, 0.05) is 11.3 Å². The van der Waals surface area contributed by atoms with Crippen molar-refractivity contribution in [3.63, 3.8) is 0 Å². The van der Waals surface area contributed by atoms with E-state index in [0.717, 1.165) is 0 Å². The Morgan fingerprint density at radius 2 is 1.93 bits per heavy atom. The number of nitrogens with two attached hydrogens (primary N) is 1. The molecule has 0 aliphatic rings. The van der Waals surface area contributed by atoms with E-state index >= 15 is 0 Å². The predicted molar refractivity (Wildman–Crippen MR) is 97.2 cm³/mol. The number of hydrogen-bond acceptors (Lipinski definition) is 6. The van der Waals surface area contributed by atoms with Crippen molar-refractivity contribution in [2.45, 2.75) is 6.92 Å². The molecule has 0 saturated carbocycles. The van der Waals surface area contributed by atoms with Gasteiger partial charge in [0.1, 0.15) is 5.69 Å². The molecular weight excluding hydrogens is 348 g/mol. The third-order valence-electron chi connectivity index (χ3n) is 4.06. The maximum absolute atomic E-state index is 12.9. The molecule has 0 fully saturated rings. The molecule has 0 atom stereocenters. The molecule has 0 radical (unpaired) electrons. The lowest BCUT2D eigenvalue weighted by Gasteiger charge is -2.08. The van der Waals surface area contributed by atoms with Crippen molar-refractivity contribution < 1.29 is 18.5 Å². The topological polar surface area (TPSA) is 124 Å². The summed E-state index contributed by atoms with van der Waals surface area (Å²) in [5.41, 5.74) is 7.71. The molecule has 27 heavy (non-hydrogen) atoms. The maximum Gasteiger partial charge on any atom is 0.259 e. The third kappa shape index (κ3) is 3.04. The van der Waals surface area contributed by atoms with Gasteiger partial charge in [0.2, 0.25) is 5.91 Å². The van der Waals surface area contributed by atoms with E-state index < -0.39 is 5.91 Å². The van der Waals surface area contributed by atoms with E-state index in [0.29, 0.717) is 39.3 Å². The summed E-state index contributed by atoms with van der Waals surface area (Å²) in [5, 5.41) is 7.21. The fourth-order valence-electron chi connectivity index (χ4n) is 2.74. The fraction of sp³-hybridized carbons (Fsp3) is 0.0526. The van der Waals surface area contributed by atoms with Crippen LogP contribution in [0.25, 0.3) is 22.6 Å². The van der Waals surface area contributed by atoms with E-state index in [2.05, 4.69) is 15.5 Å².